The number of carboxylic acids is 1. The molecule has 0 bridgehead atoms. The van der Waals surface area contributed by atoms with Crippen LogP contribution in [0.3, 0.4) is 0 Å². The van der Waals surface area contributed by atoms with E-state index in [0.29, 0.717) is 12.4 Å². The Bertz CT molecular complexity index is 467. The van der Waals surface area contributed by atoms with Gasteiger partial charge in [0, 0.05) is 6.54 Å². The normalized spacial score (nSPS) is 20.1. The molecule has 2 heterocycles. The Morgan fingerprint density at radius 2 is 2.21 bits per heavy atom. The van der Waals surface area contributed by atoms with Crippen LogP contribution < -0.4 is 4.90 Å². The molecule has 0 aromatic carbocycles. The Balaban J connectivity index is 2.42. The highest BCUT2D eigenvalue weighted by Crippen LogP contribution is 2.27. The molecule has 1 fully saturated rings. The number of rotatable bonds is 3. The fourth-order valence-electron chi connectivity index (χ4n) is 2.46. The maximum absolute atomic E-state index is 11.3. The Labute approximate surface area is 116 Å². The topological polar surface area (TPSA) is 73.7 Å². The summed E-state index contributed by atoms with van der Waals surface area (Å²) >= 11 is 5.88. The van der Waals surface area contributed by atoms with Gasteiger partial charge >= 0.3 is 5.97 Å². The van der Waals surface area contributed by atoms with E-state index < -0.39 is 5.97 Å². The van der Waals surface area contributed by atoms with Crippen LogP contribution in [0, 0.1) is 0 Å². The predicted molar refractivity (Wildman–Crippen MR) is 72.9 cm³/mol. The maximum Gasteiger partial charge on any atom is 0.339 e. The molecular weight excluding hydrogens is 268 g/mol. The minimum absolute atomic E-state index is 0.00669. The molecule has 6 heteroatoms. The highest BCUT2D eigenvalue weighted by Gasteiger charge is 2.26. The van der Waals surface area contributed by atoms with Gasteiger partial charge in [-0.1, -0.05) is 24.4 Å². The molecule has 104 valence electrons. The molecule has 1 aromatic rings. The van der Waals surface area contributed by atoms with E-state index in [9.17, 15) is 15.0 Å². The molecule has 0 saturated carbocycles. The van der Waals surface area contributed by atoms with E-state index in [-0.39, 0.29) is 23.4 Å². The molecule has 5 nitrogen and oxygen atoms in total. The van der Waals surface area contributed by atoms with Crippen LogP contribution in [0.1, 0.15) is 36.0 Å². The maximum atomic E-state index is 11.3. The minimum Gasteiger partial charge on any atom is -0.478 e. The monoisotopic (exact) mass is 284 g/mol. The average molecular weight is 285 g/mol. The standard InChI is InChI=1S/C13H17ClN2O3/c14-11-6-5-10(13(18)19)12(15-11)16-7-3-1-2-4-9(16)8-17/h5-6,9,17H,1-4,7-8H2,(H,18,19). The van der Waals surface area contributed by atoms with E-state index in [1.807, 2.05) is 4.90 Å². The molecule has 1 saturated heterocycles. The van der Waals surface area contributed by atoms with Gasteiger partial charge in [-0.05, 0) is 25.0 Å². The third-order valence-corrected chi connectivity index (χ3v) is 3.64. The van der Waals surface area contributed by atoms with Crippen LogP contribution in [-0.2, 0) is 0 Å². The van der Waals surface area contributed by atoms with Gasteiger partial charge in [0.25, 0.3) is 0 Å². The number of aromatic carboxylic acids is 1. The van der Waals surface area contributed by atoms with Gasteiger partial charge in [-0.2, -0.15) is 0 Å². The first-order chi connectivity index (χ1) is 9.13. The molecule has 1 aromatic heterocycles. The minimum atomic E-state index is -1.03. The number of aromatic nitrogens is 1. The summed E-state index contributed by atoms with van der Waals surface area (Å²) in [6, 6.07) is 2.85. The smallest absolute Gasteiger partial charge is 0.339 e. The van der Waals surface area contributed by atoms with Crippen LogP contribution in [0.4, 0.5) is 5.82 Å². The Kier molecular flexibility index (Phi) is 4.61. The molecule has 0 radical (unpaired) electrons. The summed E-state index contributed by atoms with van der Waals surface area (Å²) in [4.78, 5) is 17.3. The molecular formula is C13H17ClN2O3. The van der Waals surface area contributed by atoms with Crippen molar-refractivity contribution in [3.63, 3.8) is 0 Å². The number of hydrogen-bond donors (Lipinski definition) is 2. The first kappa shape index (κ1) is 14.1. The van der Waals surface area contributed by atoms with E-state index in [4.69, 9.17) is 11.6 Å². The number of carbonyl (C=O) groups is 1. The number of pyridine rings is 1. The summed E-state index contributed by atoms with van der Waals surface area (Å²) in [6.07, 6.45) is 3.91. The molecule has 1 atom stereocenters. The second kappa shape index (κ2) is 6.21. The van der Waals surface area contributed by atoms with Gasteiger partial charge in [0.15, 0.2) is 0 Å². The van der Waals surface area contributed by atoms with Crippen molar-refractivity contribution in [1.82, 2.24) is 4.98 Å². The van der Waals surface area contributed by atoms with E-state index >= 15 is 0 Å². The largest absolute Gasteiger partial charge is 0.478 e. The predicted octanol–water partition coefficient (Wildman–Crippen LogP) is 2.17. The fraction of sp³-hybridized carbons (Fsp3) is 0.538. The quantitative estimate of drug-likeness (QED) is 0.832. The van der Waals surface area contributed by atoms with Crippen molar-refractivity contribution >= 4 is 23.4 Å². The number of carboxylic acid groups (broad SMARTS) is 1. The Morgan fingerprint density at radius 3 is 2.89 bits per heavy atom. The van der Waals surface area contributed by atoms with Gasteiger partial charge in [0.2, 0.25) is 0 Å². The zero-order chi connectivity index (χ0) is 13.8. The summed E-state index contributed by atoms with van der Waals surface area (Å²) in [5, 5.41) is 19.0. The zero-order valence-electron chi connectivity index (χ0n) is 10.5. The van der Waals surface area contributed by atoms with Crippen LogP contribution in [-0.4, -0.2) is 40.4 Å². The van der Waals surface area contributed by atoms with E-state index in [1.54, 1.807) is 0 Å². The van der Waals surface area contributed by atoms with Crippen molar-refractivity contribution in [1.29, 1.82) is 0 Å². The fourth-order valence-corrected chi connectivity index (χ4v) is 2.60. The zero-order valence-corrected chi connectivity index (χ0v) is 11.3. The van der Waals surface area contributed by atoms with Crippen molar-refractivity contribution in [2.45, 2.75) is 31.7 Å². The van der Waals surface area contributed by atoms with Crippen molar-refractivity contribution in [2.75, 3.05) is 18.1 Å². The second-order valence-corrected chi connectivity index (χ2v) is 5.08. The number of aliphatic hydroxyl groups excluding tert-OH is 1. The lowest BCUT2D eigenvalue weighted by molar-refractivity contribution is 0.0697. The summed E-state index contributed by atoms with van der Waals surface area (Å²) in [5.74, 6) is -0.666. The van der Waals surface area contributed by atoms with Crippen LogP contribution in [0.15, 0.2) is 12.1 Å². The average Bonchev–Trinajstić information content (AvgIpc) is 2.63. The third-order valence-electron chi connectivity index (χ3n) is 3.43. The third kappa shape index (κ3) is 3.16. The van der Waals surface area contributed by atoms with Crippen molar-refractivity contribution < 1.29 is 15.0 Å². The Hall–Kier alpha value is -1.33. The summed E-state index contributed by atoms with van der Waals surface area (Å²) < 4.78 is 0. The van der Waals surface area contributed by atoms with E-state index in [2.05, 4.69) is 4.98 Å². The van der Waals surface area contributed by atoms with Crippen LogP contribution in [0.5, 0.6) is 0 Å². The Morgan fingerprint density at radius 1 is 1.42 bits per heavy atom. The lowest BCUT2D eigenvalue weighted by atomic mass is 10.1. The van der Waals surface area contributed by atoms with Crippen molar-refractivity contribution in [3.05, 3.63) is 22.8 Å². The van der Waals surface area contributed by atoms with Gasteiger partial charge in [0.1, 0.15) is 16.5 Å². The van der Waals surface area contributed by atoms with Gasteiger partial charge in [-0.15, -0.1) is 0 Å². The van der Waals surface area contributed by atoms with Crippen molar-refractivity contribution in [2.24, 2.45) is 0 Å². The molecule has 0 spiro atoms. The molecule has 1 aliphatic rings. The highest BCUT2D eigenvalue weighted by molar-refractivity contribution is 6.29. The number of nitrogens with zero attached hydrogens (tertiary/aromatic N) is 2. The highest BCUT2D eigenvalue weighted by atomic mass is 35.5. The lowest BCUT2D eigenvalue weighted by Crippen LogP contribution is -2.39. The first-order valence-corrected chi connectivity index (χ1v) is 6.78. The summed E-state index contributed by atoms with van der Waals surface area (Å²) in [5.41, 5.74) is 0.129. The van der Waals surface area contributed by atoms with Crippen LogP contribution in [0.25, 0.3) is 0 Å². The van der Waals surface area contributed by atoms with Gasteiger partial charge < -0.3 is 15.1 Å². The molecule has 1 unspecified atom stereocenters. The SMILES string of the molecule is O=C(O)c1ccc(Cl)nc1N1CCCCCC1CO. The van der Waals surface area contributed by atoms with Gasteiger partial charge in [-0.25, -0.2) is 9.78 Å². The van der Waals surface area contributed by atoms with Crippen LogP contribution >= 0.6 is 11.6 Å². The van der Waals surface area contributed by atoms with Gasteiger partial charge in [-0.3, -0.25) is 0 Å². The number of aliphatic hydroxyl groups is 1. The lowest BCUT2D eigenvalue weighted by Gasteiger charge is -2.30. The first-order valence-electron chi connectivity index (χ1n) is 6.41. The summed E-state index contributed by atoms with van der Waals surface area (Å²) in [7, 11) is 0. The molecule has 1 aliphatic heterocycles. The molecule has 2 rings (SSSR count). The number of hydrogen-bond acceptors (Lipinski definition) is 4. The van der Waals surface area contributed by atoms with Gasteiger partial charge in [0.05, 0.1) is 12.6 Å². The van der Waals surface area contributed by atoms with E-state index in [0.717, 1.165) is 25.7 Å². The molecule has 0 amide bonds. The second-order valence-electron chi connectivity index (χ2n) is 4.69. The summed E-state index contributed by atoms with van der Waals surface area (Å²) in [6.45, 7) is 0.687. The number of anilines is 1. The molecule has 0 aliphatic carbocycles. The molecule has 19 heavy (non-hydrogen) atoms. The van der Waals surface area contributed by atoms with Crippen molar-refractivity contribution in [3.8, 4) is 0 Å². The van der Waals surface area contributed by atoms with E-state index in [1.165, 1.54) is 12.1 Å². The van der Waals surface area contributed by atoms with Crippen LogP contribution in [0.2, 0.25) is 5.15 Å². The molecule has 2 N–H and O–H groups in total. The number of halogens is 1.